The minimum absolute atomic E-state index is 0.192. The first-order chi connectivity index (χ1) is 13.2. The predicted octanol–water partition coefficient (Wildman–Crippen LogP) is 5.24. The smallest absolute Gasteiger partial charge is 0.199 e. The summed E-state index contributed by atoms with van der Waals surface area (Å²) in [5.41, 5.74) is 1.12. The van der Waals surface area contributed by atoms with Crippen LogP contribution in [0.3, 0.4) is 0 Å². The van der Waals surface area contributed by atoms with Gasteiger partial charge in [-0.25, -0.2) is 9.07 Å². The monoisotopic (exact) mass is 400 g/mol. The second-order valence-corrected chi connectivity index (χ2v) is 8.74. The van der Waals surface area contributed by atoms with E-state index in [0.29, 0.717) is 18.8 Å². The summed E-state index contributed by atoms with van der Waals surface area (Å²) in [6, 6.07) is 12.0. The highest BCUT2D eigenvalue weighted by molar-refractivity contribution is 7.71. The number of nitrogens with zero attached hydrogens (tertiary/aromatic N) is 4. The summed E-state index contributed by atoms with van der Waals surface area (Å²) < 4.78 is 18.2. The quantitative estimate of drug-likeness (QED) is 0.507. The highest BCUT2D eigenvalue weighted by Gasteiger charge is 2.32. The molecule has 2 heterocycles. The molecular weight excluding hydrogens is 379 g/mol. The minimum atomic E-state index is -0.192. The summed E-state index contributed by atoms with van der Waals surface area (Å²) in [4.78, 5) is 3.58. The molecule has 0 atom stereocenters. The third-order valence-electron chi connectivity index (χ3n) is 5.20. The predicted molar refractivity (Wildman–Crippen MR) is 108 cm³/mol. The van der Waals surface area contributed by atoms with Crippen molar-refractivity contribution in [3.05, 3.63) is 57.9 Å². The molecule has 0 spiro atoms. The van der Waals surface area contributed by atoms with E-state index in [9.17, 15) is 4.39 Å². The van der Waals surface area contributed by atoms with Gasteiger partial charge in [0.25, 0.3) is 0 Å². The second kappa shape index (κ2) is 6.96. The first-order valence-electron chi connectivity index (χ1n) is 9.41. The van der Waals surface area contributed by atoms with Crippen LogP contribution in [-0.4, -0.2) is 25.3 Å². The number of hydrogen-bond donors (Lipinski definition) is 0. The molecule has 0 amide bonds. The van der Waals surface area contributed by atoms with Gasteiger partial charge in [-0.2, -0.15) is 0 Å². The lowest BCUT2D eigenvalue weighted by Crippen LogP contribution is -2.29. The largest absolute Gasteiger partial charge is 0.296 e. The molecular formula is C20H21FN4S2. The van der Waals surface area contributed by atoms with Gasteiger partial charge in [-0.05, 0) is 67.0 Å². The molecule has 7 heteroatoms. The van der Waals surface area contributed by atoms with E-state index in [0.717, 1.165) is 22.7 Å². The van der Waals surface area contributed by atoms with Crippen LogP contribution in [0.25, 0.3) is 10.7 Å². The average Bonchev–Trinajstić information content (AvgIpc) is 3.60. The van der Waals surface area contributed by atoms with Crippen LogP contribution < -0.4 is 0 Å². The summed E-state index contributed by atoms with van der Waals surface area (Å²) in [6.45, 7) is 1.47. The molecule has 0 radical (unpaired) electrons. The van der Waals surface area contributed by atoms with Gasteiger partial charge in [-0.1, -0.05) is 18.2 Å². The zero-order valence-electron chi connectivity index (χ0n) is 14.9. The van der Waals surface area contributed by atoms with Crippen molar-refractivity contribution in [2.24, 2.45) is 0 Å². The molecule has 2 aliphatic carbocycles. The number of benzene rings is 1. The van der Waals surface area contributed by atoms with Crippen LogP contribution >= 0.6 is 23.6 Å². The fourth-order valence-electron chi connectivity index (χ4n) is 3.48. The fourth-order valence-corrected chi connectivity index (χ4v) is 4.52. The Bertz CT molecular complexity index is 982. The van der Waals surface area contributed by atoms with E-state index in [1.54, 1.807) is 11.3 Å². The second-order valence-electron chi connectivity index (χ2n) is 7.43. The molecule has 0 N–H and O–H groups in total. The van der Waals surface area contributed by atoms with E-state index >= 15 is 0 Å². The van der Waals surface area contributed by atoms with Gasteiger partial charge in [0, 0.05) is 18.6 Å². The van der Waals surface area contributed by atoms with E-state index < -0.39 is 0 Å². The van der Waals surface area contributed by atoms with Crippen LogP contribution in [0.1, 0.15) is 37.3 Å². The Balaban J connectivity index is 1.44. The molecule has 2 aromatic heterocycles. The molecule has 2 fully saturated rings. The fraction of sp³-hybridized carbons (Fsp3) is 0.400. The highest BCUT2D eigenvalue weighted by atomic mass is 32.1. The lowest BCUT2D eigenvalue weighted by atomic mass is 10.2. The number of aromatic nitrogens is 3. The van der Waals surface area contributed by atoms with Crippen LogP contribution in [0, 0.1) is 10.6 Å². The van der Waals surface area contributed by atoms with E-state index in [2.05, 4.69) is 27.0 Å². The molecule has 4 nitrogen and oxygen atoms in total. The molecule has 1 aromatic carbocycles. The first-order valence-corrected chi connectivity index (χ1v) is 10.7. The third kappa shape index (κ3) is 3.63. The van der Waals surface area contributed by atoms with E-state index in [1.165, 1.54) is 42.7 Å². The Hall–Kier alpha value is -1.83. The summed E-state index contributed by atoms with van der Waals surface area (Å²) in [7, 11) is 0. The molecule has 0 aliphatic heterocycles. The maximum Gasteiger partial charge on any atom is 0.199 e. The average molecular weight is 401 g/mol. The SMILES string of the molecule is Fc1ccc(CN(Cn2nc(-c3cccs3)n(C3CC3)c2=S)C2CC2)cc1. The molecule has 27 heavy (non-hydrogen) atoms. The molecule has 0 bridgehead atoms. The van der Waals surface area contributed by atoms with Crippen molar-refractivity contribution in [3.8, 4) is 10.7 Å². The number of rotatable bonds is 7. The maximum absolute atomic E-state index is 13.2. The summed E-state index contributed by atoms with van der Waals surface area (Å²) in [6.07, 6.45) is 4.77. The van der Waals surface area contributed by atoms with Crippen molar-refractivity contribution in [3.63, 3.8) is 0 Å². The molecule has 140 valence electrons. The third-order valence-corrected chi connectivity index (χ3v) is 6.48. The molecule has 3 aromatic rings. The molecule has 2 aliphatic rings. The molecule has 2 saturated carbocycles. The van der Waals surface area contributed by atoms with E-state index in [1.807, 2.05) is 16.8 Å². The van der Waals surface area contributed by atoms with Gasteiger partial charge in [-0.15, -0.1) is 16.4 Å². The van der Waals surface area contributed by atoms with Gasteiger partial charge >= 0.3 is 0 Å². The van der Waals surface area contributed by atoms with Crippen molar-refractivity contribution in [1.29, 1.82) is 0 Å². The zero-order valence-corrected chi connectivity index (χ0v) is 16.6. The lowest BCUT2D eigenvalue weighted by Gasteiger charge is -2.21. The van der Waals surface area contributed by atoms with Gasteiger partial charge in [0.05, 0.1) is 11.5 Å². The van der Waals surface area contributed by atoms with Crippen molar-refractivity contribution < 1.29 is 4.39 Å². The standard InChI is InChI=1S/C20H21FN4S2/c21-15-5-3-14(4-6-15)12-23(16-7-8-16)13-24-20(26)25(17-9-10-17)19(22-24)18-2-1-11-27-18/h1-6,11,16-17H,7-10,12-13H2. The Labute approximate surface area is 166 Å². The van der Waals surface area contributed by atoms with Crippen LogP contribution in [0.2, 0.25) is 0 Å². The van der Waals surface area contributed by atoms with Crippen LogP contribution in [0.15, 0.2) is 41.8 Å². The van der Waals surface area contributed by atoms with Crippen molar-refractivity contribution in [2.45, 2.75) is 51.0 Å². The van der Waals surface area contributed by atoms with Crippen LogP contribution in [0.5, 0.6) is 0 Å². The summed E-state index contributed by atoms with van der Waals surface area (Å²) >= 11 is 7.51. The summed E-state index contributed by atoms with van der Waals surface area (Å²) in [5.74, 6) is 0.803. The molecule has 5 rings (SSSR count). The normalized spacial score (nSPS) is 17.0. The first kappa shape index (κ1) is 17.3. The van der Waals surface area contributed by atoms with Crippen molar-refractivity contribution >= 4 is 23.6 Å². The Kier molecular flexibility index (Phi) is 4.46. The van der Waals surface area contributed by atoms with Crippen LogP contribution in [-0.2, 0) is 13.2 Å². The van der Waals surface area contributed by atoms with Gasteiger partial charge in [0.2, 0.25) is 0 Å². The van der Waals surface area contributed by atoms with Gasteiger partial charge < -0.3 is 0 Å². The van der Waals surface area contributed by atoms with Gasteiger partial charge in [-0.3, -0.25) is 9.47 Å². The lowest BCUT2D eigenvalue weighted by molar-refractivity contribution is 0.186. The number of halogens is 1. The molecule has 0 saturated heterocycles. The van der Waals surface area contributed by atoms with E-state index in [4.69, 9.17) is 17.3 Å². The number of thiophene rings is 1. The van der Waals surface area contributed by atoms with Crippen molar-refractivity contribution in [2.75, 3.05) is 0 Å². The topological polar surface area (TPSA) is 26.0 Å². The Morgan fingerprint density at radius 1 is 1.15 bits per heavy atom. The Morgan fingerprint density at radius 3 is 2.56 bits per heavy atom. The number of hydrogen-bond acceptors (Lipinski definition) is 4. The minimum Gasteiger partial charge on any atom is -0.296 e. The van der Waals surface area contributed by atoms with Crippen molar-refractivity contribution in [1.82, 2.24) is 19.2 Å². The van der Waals surface area contributed by atoms with Gasteiger partial charge in [0.1, 0.15) is 5.82 Å². The maximum atomic E-state index is 13.2. The van der Waals surface area contributed by atoms with E-state index in [-0.39, 0.29) is 5.82 Å². The summed E-state index contributed by atoms with van der Waals surface area (Å²) in [5, 5.41) is 6.99. The molecule has 0 unspecified atom stereocenters. The zero-order chi connectivity index (χ0) is 18.4. The highest BCUT2D eigenvalue weighted by Crippen LogP contribution is 2.39. The Morgan fingerprint density at radius 2 is 1.93 bits per heavy atom. The van der Waals surface area contributed by atoms with Crippen LogP contribution in [0.4, 0.5) is 4.39 Å². The van der Waals surface area contributed by atoms with Gasteiger partial charge in [0.15, 0.2) is 10.6 Å².